The van der Waals surface area contributed by atoms with Crippen LogP contribution in [0.2, 0.25) is 0 Å². The van der Waals surface area contributed by atoms with Crippen molar-refractivity contribution in [3.05, 3.63) is 48.5 Å². The lowest BCUT2D eigenvalue weighted by Crippen LogP contribution is -2.42. The number of methoxy groups -OCH3 is 1. The van der Waals surface area contributed by atoms with Gasteiger partial charge in [-0.05, 0) is 24.3 Å². The fourth-order valence-corrected chi connectivity index (χ4v) is 2.25. The van der Waals surface area contributed by atoms with Gasteiger partial charge in [0.05, 0.1) is 13.7 Å². The number of nitrogens with one attached hydrogen (secondary N) is 2. The van der Waals surface area contributed by atoms with Crippen LogP contribution in [0, 0.1) is 0 Å². The Morgan fingerprint density at radius 2 is 2.04 bits per heavy atom. The Labute approximate surface area is 134 Å². The van der Waals surface area contributed by atoms with E-state index in [1.165, 1.54) is 0 Å². The molecule has 2 N–H and O–H groups in total. The molecular formula is C17H18N2O4. The maximum Gasteiger partial charge on any atom is 0.319 e. The molecule has 2 aromatic carbocycles. The van der Waals surface area contributed by atoms with E-state index in [1.54, 1.807) is 19.2 Å². The van der Waals surface area contributed by atoms with Crippen LogP contribution < -0.4 is 24.8 Å². The highest BCUT2D eigenvalue weighted by atomic mass is 16.6. The van der Waals surface area contributed by atoms with Crippen molar-refractivity contribution in [1.29, 1.82) is 0 Å². The minimum Gasteiger partial charge on any atom is -0.497 e. The number of ether oxygens (including phenoxy) is 3. The Bertz CT molecular complexity index is 690. The van der Waals surface area contributed by atoms with Crippen molar-refractivity contribution in [1.82, 2.24) is 5.32 Å². The van der Waals surface area contributed by atoms with Crippen LogP contribution in [-0.2, 0) is 0 Å². The third-order valence-electron chi connectivity index (χ3n) is 3.39. The first-order chi connectivity index (χ1) is 11.2. The van der Waals surface area contributed by atoms with Gasteiger partial charge in [-0.1, -0.05) is 18.2 Å². The highest BCUT2D eigenvalue weighted by molar-refractivity contribution is 5.89. The van der Waals surface area contributed by atoms with E-state index in [2.05, 4.69) is 10.6 Å². The largest absolute Gasteiger partial charge is 0.497 e. The fourth-order valence-electron chi connectivity index (χ4n) is 2.25. The molecule has 0 bridgehead atoms. The molecule has 0 spiro atoms. The molecule has 0 radical (unpaired) electrons. The van der Waals surface area contributed by atoms with Gasteiger partial charge in [0.25, 0.3) is 0 Å². The molecule has 3 rings (SSSR count). The van der Waals surface area contributed by atoms with E-state index in [-0.39, 0.29) is 12.1 Å². The molecule has 23 heavy (non-hydrogen) atoms. The highest BCUT2D eigenvalue weighted by Gasteiger charge is 2.20. The zero-order valence-electron chi connectivity index (χ0n) is 12.7. The molecule has 1 atom stereocenters. The summed E-state index contributed by atoms with van der Waals surface area (Å²) in [4.78, 5) is 11.9. The van der Waals surface area contributed by atoms with Gasteiger partial charge < -0.3 is 24.8 Å². The molecule has 0 saturated heterocycles. The predicted octanol–water partition coefficient (Wildman–Crippen LogP) is 2.66. The van der Waals surface area contributed by atoms with E-state index in [1.807, 2.05) is 36.4 Å². The van der Waals surface area contributed by atoms with Gasteiger partial charge in [-0.2, -0.15) is 0 Å². The lowest BCUT2D eigenvalue weighted by molar-refractivity contribution is 0.0922. The number of urea groups is 1. The van der Waals surface area contributed by atoms with Crippen LogP contribution in [0.25, 0.3) is 0 Å². The summed E-state index contributed by atoms with van der Waals surface area (Å²) in [5.74, 6) is 2.10. The predicted molar refractivity (Wildman–Crippen MR) is 86.4 cm³/mol. The third kappa shape index (κ3) is 3.85. The van der Waals surface area contributed by atoms with Crippen molar-refractivity contribution in [2.24, 2.45) is 0 Å². The maximum atomic E-state index is 11.9. The van der Waals surface area contributed by atoms with Gasteiger partial charge in [0.15, 0.2) is 17.6 Å². The molecule has 1 aliphatic heterocycles. The average molecular weight is 314 g/mol. The first-order valence-corrected chi connectivity index (χ1v) is 7.32. The van der Waals surface area contributed by atoms with Crippen molar-refractivity contribution >= 4 is 11.7 Å². The monoisotopic (exact) mass is 314 g/mol. The molecule has 1 unspecified atom stereocenters. The summed E-state index contributed by atoms with van der Waals surface area (Å²) >= 11 is 0. The smallest absolute Gasteiger partial charge is 0.319 e. The van der Waals surface area contributed by atoms with E-state index in [0.29, 0.717) is 30.3 Å². The fraction of sp³-hybridized carbons (Fsp3) is 0.235. The van der Waals surface area contributed by atoms with E-state index in [0.717, 1.165) is 5.75 Å². The standard InChI is InChI=1S/C17H18N2O4/c1-21-13-6-4-5-12(9-13)19-17(20)18-10-14-11-22-15-7-2-3-8-16(15)23-14/h2-9,14H,10-11H2,1H3,(H2,18,19,20). The number of rotatable bonds is 4. The van der Waals surface area contributed by atoms with Crippen molar-refractivity contribution in [3.63, 3.8) is 0 Å². The lowest BCUT2D eigenvalue weighted by atomic mass is 10.2. The Morgan fingerprint density at radius 3 is 2.87 bits per heavy atom. The molecule has 120 valence electrons. The number of anilines is 1. The molecule has 2 amide bonds. The third-order valence-corrected chi connectivity index (χ3v) is 3.39. The van der Waals surface area contributed by atoms with Gasteiger partial charge in [0.2, 0.25) is 0 Å². The second-order valence-electron chi connectivity index (χ2n) is 5.06. The van der Waals surface area contributed by atoms with Crippen LogP contribution in [0.5, 0.6) is 17.2 Å². The minimum absolute atomic E-state index is 0.221. The molecule has 1 heterocycles. The molecule has 2 aromatic rings. The Kier molecular flexibility index (Phi) is 4.52. The van der Waals surface area contributed by atoms with Crippen molar-refractivity contribution < 1.29 is 19.0 Å². The summed E-state index contributed by atoms with van der Waals surface area (Å²) in [6.07, 6.45) is -0.221. The van der Waals surface area contributed by atoms with Gasteiger partial charge in [0.1, 0.15) is 12.4 Å². The van der Waals surface area contributed by atoms with E-state index in [9.17, 15) is 4.79 Å². The molecule has 0 aromatic heterocycles. The summed E-state index contributed by atoms with van der Waals surface area (Å²) in [5, 5.41) is 5.52. The van der Waals surface area contributed by atoms with Gasteiger partial charge in [-0.3, -0.25) is 0 Å². The first-order valence-electron chi connectivity index (χ1n) is 7.32. The zero-order chi connectivity index (χ0) is 16.1. The average Bonchev–Trinajstić information content (AvgIpc) is 2.60. The summed E-state index contributed by atoms with van der Waals surface area (Å²) in [5.41, 5.74) is 0.660. The molecular weight excluding hydrogens is 296 g/mol. The SMILES string of the molecule is COc1cccc(NC(=O)NCC2COc3ccccc3O2)c1. The molecule has 1 aliphatic rings. The Hall–Kier alpha value is -2.89. The number of fused-ring (bicyclic) bond motifs is 1. The number of benzene rings is 2. The van der Waals surface area contributed by atoms with Crippen LogP contribution in [0.15, 0.2) is 48.5 Å². The van der Waals surface area contributed by atoms with Gasteiger partial charge in [0, 0.05) is 11.8 Å². The van der Waals surface area contributed by atoms with Crippen LogP contribution in [0.4, 0.5) is 10.5 Å². The molecule has 0 aliphatic carbocycles. The number of carbonyl (C=O) groups is 1. The van der Waals surface area contributed by atoms with E-state index in [4.69, 9.17) is 14.2 Å². The lowest BCUT2D eigenvalue weighted by Gasteiger charge is -2.26. The van der Waals surface area contributed by atoms with Gasteiger partial charge >= 0.3 is 6.03 Å². The Balaban J connectivity index is 1.50. The number of amides is 2. The van der Waals surface area contributed by atoms with Crippen molar-refractivity contribution in [3.8, 4) is 17.2 Å². The van der Waals surface area contributed by atoms with Crippen molar-refractivity contribution in [2.45, 2.75) is 6.10 Å². The Morgan fingerprint density at radius 1 is 1.22 bits per heavy atom. The first kappa shape index (κ1) is 15.0. The molecule has 6 heteroatoms. The van der Waals surface area contributed by atoms with Gasteiger partial charge in [-0.25, -0.2) is 4.79 Å². The van der Waals surface area contributed by atoms with Crippen molar-refractivity contribution in [2.75, 3.05) is 25.6 Å². The highest BCUT2D eigenvalue weighted by Crippen LogP contribution is 2.30. The summed E-state index contributed by atoms with van der Waals surface area (Å²) in [6.45, 7) is 0.751. The quantitative estimate of drug-likeness (QED) is 0.910. The number of carbonyl (C=O) groups excluding carboxylic acids is 1. The van der Waals surface area contributed by atoms with Crippen LogP contribution in [0.1, 0.15) is 0 Å². The number of hydrogen-bond donors (Lipinski definition) is 2. The number of para-hydroxylation sites is 2. The second-order valence-corrected chi connectivity index (χ2v) is 5.06. The zero-order valence-corrected chi connectivity index (χ0v) is 12.7. The second kappa shape index (κ2) is 6.91. The normalized spacial score (nSPS) is 15.6. The summed E-state index contributed by atoms with van der Waals surface area (Å²) in [7, 11) is 1.58. The number of hydrogen-bond acceptors (Lipinski definition) is 4. The maximum absolute atomic E-state index is 11.9. The van der Waals surface area contributed by atoms with E-state index >= 15 is 0 Å². The van der Waals surface area contributed by atoms with Crippen LogP contribution >= 0.6 is 0 Å². The summed E-state index contributed by atoms with van der Waals surface area (Å²) < 4.78 is 16.5. The summed E-state index contributed by atoms with van der Waals surface area (Å²) in [6, 6.07) is 14.3. The molecule has 0 saturated carbocycles. The van der Waals surface area contributed by atoms with Crippen LogP contribution in [-0.4, -0.2) is 32.4 Å². The topological polar surface area (TPSA) is 68.8 Å². The van der Waals surface area contributed by atoms with Crippen LogP contribution in [0.3, 0.4) is 0 Å². The molecule has 6 nitrogen and oxygen atoms in total. The van der Waals surface area contributed by atoms with Gasteiger partial charge in [-0.15, -0.1) is 0 Å². The minimum atomic E-state index is -0.305. The molecule has 0 fully saturated rings. The van der Waals surface area contributed by atoms with E-state index < -0.39 is 0 Å².